The standard InChI is InChI=1S/C11H13Br2N3OS/c1-6(2)15-11(18)16-14-5-7-3-8(12)4-9(13)10(7)17/h3-6,17H,1-2H3,(H2,15,16,18)/b14-5+. The zero-order valence-corrected chi connectivity index (χ0v) is 13.9. The van der Waals surface area contributed by atoms with Crippen molar-refractivity contribution < 1.29 is 5.11 Å². The first-order valence-electron chi connectivity index (χ1n) is 5.17. The molecule has 1 aromatic rings. The van der Waals surface area contributed by atoms with Crippen molar-refractivity contribution in [2.75, 3.05) is 0 Å². The van der Waals surface area contributed by atoms with Crippen LogP contribution in [0.2, 0.25) is 0 Å². The lowest BCUT2D eigenvalue weighted by Crippen LogP contribution is -2.36. The third kappa shape index (κ3) is 4.91. The summed E-state index contributed by atoms with van der Waals surface area (Å²) in [6, 6.07) is 3.75. The van der Waals surface area contributed by atoms with Gasteiger partial charge in [0.1, 0.15) is 5.75 Å². The van der Waals surface area contributed by atoms with E-state index in [1.807, 2.05) is 13.8 Å². The molecule has 98 valence electrons. The molecule has 3 N–H and O–H groups in total. The summed E-state index contributed by atoms with van der Waals surface area (Å²) >= 11 is 11.6. The highest BCUT2D eigenvalue weighted by atomic mass is 79.9. The van der Waals surface area contributed by atoms with Crippen molar-refractivity contribution in [3.63, 3.8) is 0 Å². The van der Waals surface area contributed by atoms with E-state index in [0.29, 0.717) is 15.1 Å². The number of hydrogen-bond acceptors (Lipinski definition) is 3. The number of hydrogen-bond donors (Lipinski definition) is 3. The summed E-state index contributed by atoms with van der Waals surface area (Å²) in [5.74, 6) is 0.131. The average Bonchev–Trinajstić information content (AvgIpc) is 2.23. The summed E-state index contributed by atoms with van der Waals surface area (Å²) in [7, 11) is 0. The second kappa shape index (κ2) is 7.06. The Hall–Kier alpha value is -0.660. The molecule has 0 unspecified atom stereocenters. The Bertz CT molecular complexity index is 478. The zero-order valence-electron chi connectivity index (χ0n) is 9.87. The number of phenolic OH excluding ortho intramolecular Hbond substituents is 1. The number of rotatable bonds is 3. The fourth-order valence-electron chi connectivity index (χ4n) is 1.14. The Kier molecular flexibility index (Phi) is 6.04. The van der Waals surface area contributed by atoms with Gasteiger partial charge in [-0.15, -0.1) is 0 Å². The van der Waals surface area contributed by atoms with Crippen LogP contribution in [-0.4, -0.2) is 22.5 Å². The first kappa shape index (κ1) is 15.4. The predicted octanol–water partition coefficient (Wildman–Crippen LogP) is 3.12. The number of nitrogens with one attached hydrogen (secondary N) is 2. The van der Waals surface area contributed by atoms with Gasteiger partial charge in [-0.3, -0.25) is 5.43 Å². The maximum Gasteiger partial charge on any atom is 0.187 e. The highest BCUT2D eigenvalue weighted by Crippen LogP contribution is 2.30. The molecule has 0 aliphatic carbocycles. The number of halogens is 2. The summed E-state index contributed by atoms with van der Waals surface area (Å²) < 4.78 is 1.44. The molecular formula is C11H13Br2N3OS. The zero-order chi connectivity index (χ0) is 13.7. The van der Waals surface area contributed by atoms with Crippen LogP contribution < -0.4 is 10.7 Å². The van der Waals surface area contributed by atoms with Crippen LogP contribution in [0.5, 0.6) is 5.75 Å². The van der Waals surface area contributed by atoms with Crippen molar-refractivity contribution in [3.05, 3.63) is 26.6 Å². The maximum atomic E-state index is 9.80. The molecule has 7 heteroatoms. The Morgan fingerprint density at radius 2 is 2.11 bits per heavy atom. The molecular weight excluding hydrogens is 382 g/mol. The van der Waals surface area contributed by atoms with Crippen LogP contribution in [0.4, 0.5) is 0 Å². The van der Waals surface area contributed by atoms with Crippen molar-refractivity contribution >= 4 is 55.4 Å². The second-order valence-corrected chi connectivity index (χ2v) is 6.00. The number of phenols is 1. The monoisotopic (exact) mass is 393 g/mol. The molecule has 18 heavy (non-hydrogen) atoms. The van der Waals surface area contributed by atoms with E-state index < -0.39 is 0 Å². The fourth-order valence-corrected chi connectivity index (χ4v) is 2.69. The molecule has 0 radical (unpaired) electrons. The van der Waals surface area contributed by atoms with Crippen LogP contribution in [0.15, 0.2) is 26.2 Å². The van der Waals surface area contributed by atoms with E-state index in [0.717, 1.165) is 4.47 Å². The third-order valence-corrected chi connectivity index (χ3v) is 3.12. The molecule has 0 saturated carbocycles. The van der Waals surface area contributed by atoms with E-state index in [1.54, 1.807) is 12.1 Å². The lowest BCUT2D eigenvalue weighted by molar-refractivity contribution is 0.471. The first-order chi connectivity index (χ1) is 8.40. The van der Waals surface area contributed by atoms with E-state index in [-0.39, 0.29) is 11.8 Å². The quantitative estimate of drug-likeness (QED) is 0.418. The van der Waals surface area contributed by atoms with Crippen molar-refractivity contribution in [2.24, 2.45) is 5.10 Å². The first-order valence-corrected chi connectivity index (χ1v) is 7.17. The molecule has 1 rings (SSSR count). The van der Waals surface area contributed by atoms with Crippen molar-refractivity contribution in [3.8, 4) is 5.75 Å². The molecule has 0 amide bonds. The van der Waals surface area contributed by atoms with E-state index in [4.69, 9.17) is 12.2 Å². The molecule has 1 aromatic carbocycles. The van der Waals surface area contributed by atoms with E-state index in [2.05, 4.69) is 47.7 Å². The van der Waals surface area contributed by atoms with Crippen molar-refractivity contribution in [2.45, 2.75) is 19.9 Å². The van der Waals surface area contributed by atoms with Crippen LogP contribution in [0, 0.1) is 0 Å². The number of nitrogens with zero attached hydrogens (tertiary/aromatic N) is 1. The Balaban J connectivity index is 2.70. The minimum absolute atomic E-state index is 0.131. The molecule has 4 nitrogen and oxygen atoms in total. The van der Waals surface area contributed by atoms with Crippen LogP contribution in [0.1, 0.15) is 19.4 Å². The van der Waals surface area contributed by atoms with Crippen molar-refractivity contribution in [1.29, 1.82) is 0 Å². The summed E-state index contributed by atoms with van der Waals surface area (Å²) in [5, 5.41) is 17.2. The Morgan fingerprint density at radius 1 is 1.44 bits per heavy atom. The smallest absolute Gasteiger partial charge is 0.187 e. The van der Waals surface area contributed by atoms with Gasteiger partial charge in [0.25, 0.3) is 0 Å². The summed E-state index contributed by atoms with van der Waals surface area (Å²) in [6.45, 7) is 3.96. The lowest BCUT2D eigenvalue weighted by Gasteiger charge is -2.09. The molecule has 0 aromatic heterocycles. The minimum atomic E-state index is 0.131. The van der Waals surface area contributed by atoms with Gasteiger partial charge < -0.3 is 10.4 Å². The number of benzene rings is 1. The van der Waals surface area contributed by atoms with Gasteiger partial charge in [-0.1, -0.05) is 15.9 Å². The highest BCUT2D eigenvalue weighted by Gasteiger charge is 2.05. The van der Waals surface area contributed by atoms with Crippen LogP contribution in [0.3, 0.4) is 0 Å². The van der Waals surface area contributed by atoms with Crippen LogP contribution in [-0.2, 0) is 0 Å². The molecule has 0 atom stereocenters. The van der Waals surface area contributed by atoms with E-state index in [1.165, 1.54) is 6.21 Å². The molecule has 0 bridgehead atoms. The SMILES string of the molecule is CC(C)NC(=S)N/N=C/c1cc(Br)cc(Br)c1O. The van der Waals surface area contributed by atoms with Gasteiger partial charge in [0.15, 0.2) is 5.11 Å². The summed E-state index contributed by atoms with van der Waals surface area (Å²) in [5.41, 5.74) is 3.26. The van der Waals surface area contributed by atoms with Crippen LogP contribution >= 0.6 is 44.1 Å². The predicted molar refractivity (Wildman–Crippen MR) is 85.1 cm³/mol. The van der Waals surface area contributed by atoms with Gasteiger partial charge in [-0.05, 0) is 54.1 Å². The van der Waals surface area contributed by atoms with Gasteiger partial charge in [0.05, 0.1) is 10.7 Å². The minimum Gasteiger partial charge on any atom is -0.506 e. The molecule has 0 fully saturated rings. The molecule has 0 saturated heterocycles. The number of thiocarbonyl (C=S) groups is 1. The Labute approximate surface area is 128 Å². The van der Waals surface area contributed by atoms with E-state index >= 15 is 0 Å². The number of hydrazone groups is 1. The van der Waals surface area contributed by atoms with Crippen molar-refractivity contribution in [1.82, 2.24) is 10.7 Å². The molecule has 0 aliphatic heterocycles. The number of aromatic hydroxyl groups is 1. The van der Waals surface area contributed by atoms with E-state index in [9.17, 15) is 5.11 Å². The lowest BCUT2D eigenvalue weighted by atomic mass is 10.2. The van der Waals surface area contributed by atoms with Gasteiger partial charge in [0, 0.05) is 16.1 Å². The van der Waals surface area contributed by atoms with Gasteiger partial charge in [-0.25, -0.2) is 0 Å². The van der Waals surface area contributed by atoms with Crippen LogP contribution in [0.25, 0.3) is 0 Å². The topological polar surface area (TPSA) is 56.7 Å². The highest BCUT2D eigenvalue weighted by molar-refractivity contribution is 9.11. The summed E-state index contributed by atoms with van der Waals surface area (Å²) in [4.78, 5) is 0. The maximum absolute atomic E-state index is 9.80. The van der Waals surface area contributed by atoms with Gasteiger partial charge in [-0.2, -0.15) is 5.10 Å². The molecule has 0 spiro atoms. The second-order valence-electron chi connectivity index (χ2n) is 3.82. The average molecular weight is 395 g/mol. The third-order valence-electron chi connectivity index (χ3n) is 1.85. The molecule has 0 aliphatic rings. The van der Waals surface area contributed by atoms with Gasteiger partial charge >= 0.3 is 0 Å². The van der Waals surface area contributed by atoms with Gasteiger partial charge in [0.2, 0.25) is 0 Å². The largest absolute Gasteiger partial charge is 0.506 e. The Morgan fingerprint density at radius 3 is 2.72 bits per heavy atom. The molecule has 0 heterocycles. The normalized spacial score (nSPS) is 10.9. The fraction of sp³-hybridized carbons (Fsp3) is 0.273. The summed E-state index contributed by atoms with van der Waals surface area (Å²) in [6.07, 6.45) is 1.50.